The predicted octanol–water partition coefficient (Wildman–Crippen LogP) is 1.33. The number of rotatable bonds is 4. The molecule has 1 saturated heterocycles. The van der Waals surface area contributed by atoms with E-state index < -0.39 is 5.41 Å². The number of carbonyl (C=O) groups excluding carboxylic acids is 1. The SMILES string of the molecule is CC1(C(=O)OCCCBr)COCOC1. The molecule has 4 nitrogen and oxygen atoms in total. The molecule has 0 N–H and O–H groups in total. The second-order valence-electron chi connectivity index (χ2n) is 3.55. The van der Waals surface area contributed by atoms with Gasteiger partial charge in [0.15, 0.2) is 0 Å². The van der Waals surface area contributed by atoms with Crippen molar-refractivity contribution in [3.63, 3.8) is 0 Å². The molecule has 14 heavy (non-hydrogen) atoms. The van der Waals surface area contributed by atoms with Crippen LogP contribution in [0.4, 0.5) is 0 Å². The zero-order valence-electron chi connectivity index (χ0n) is 8.25. The average Bonchev–Trinajstić information content (AvgIpc) is 2.19. The Labute approximate surface area is 92.0 Å². The Hall–Kier alpha value is -0.130. The molecule has 0 bridgehead atoms. The maximum absolute atomic E-state index is 11.6. The van der Waals surface area contributed by atoms with Crippen LogP contribution in [-0.2, 0) is 19.0 Å². The smallest absolute Gasteiger partial charge is 0.316 e. The van der Waals surface area contributed by atoms with Crippen molar-refractivity contribution in [1.29, 1.82) is 0 Å². The molecule has 0 aliphatic carbocycles. The summed E-state index contributed by atoms with van der Waals surface area (Å²) < 4.78 is 15.3. The summed E-state index contributed by atoms with van der Waals surface area (Å²) in [7, 11) is 0. The molecule has 1 aliphatic rings. The Morgan fingerprint density at radius 3 is 2.71 bits per heavy atom. The standard InChI is InChI=1S/C9H15BrO4/c1-9(5-12-7-13-6-9)8(11)14-4-2-3-10/h2-7H2,1H3. The van der Waals surface area contributed by atoms with E-state index in [1.807, 2.05) is 0 Å². The average molecular weight is 267 g/mol. The van der Waals surface area contributed by atoms with Crippen molar-refractivity contribution in [2.45, 2.75) is 13.3 Å². The monoisotopic (exact) mass is 266 g/mol. The van der Waals surface area contributed by atoms with Crippen LogP contribution in [0.1, 0.15) is 13.3 Å². The molecule has 0 unspecified atom stereocenters. The second-order valence-corrected chi connectivity index (χ2v) is 4.35. The van der Waals surface area contributed by atoms with Gasteiger partial charge in [-0.2, -0.15) is 0 Å². The number of halogens is 1. The summed E-state index contributed by atoms with van der Waals surface area (Å²) >= 11 is 3.27. The predicted molar refractivity (Wildman–Crippen MR) is 54.2 cm³/mol. The molecule has 5 heteroatoms. The van der Waals surface area contributed by atoms with Gasteiger partial charge in [-0.05, 0) is 13.3 Å². The van der Waals surface area contributed by atoms with Crippen LogP contribution in [0.3, 0.4) is 0 Å². The van der Waals surface area contributed by atoms with E-state index in [2.05, 4.69) is 15.9 Å². The van der Waals surface area contributed by atoms with Gasteiger partial charge in [-0.3, -0.25) is 4.79 Å². The van der Waals surface area contributed by atoms with Gasteiger partial charge in [-0.15, -0.1) is 0 Å². The van der Waals surface area contributed by atoms with Crippen LogP contribution in [0, 0.1) is 5.41 Å². The molecule has 1 heterocycles. The van der Waals surface area contributed by atoms with E-state index in [1.165, 1.54) is 0 Å². The van der Waals surface area contributed by atoms with E-state index in [-0.39, 0.29) is 12.8 Å². The Morgan fingerprint density at radius 1 is 1.50 bits per heavy atom. The fourth-order valence-electron chi connectivity index (χ4n) is 1.15. The van der Waals surface area contributed by atoms with Crippen LogP contribution < -0.4 is 0 Å². The topological polar surface area (TPSA) is 44.8 Å². The highest BCUT2D eigenvalue weighted by Gasteiger charge is 2.38. The van der Waals surface area contributed by atoms with Crippen molar-refractivity contribution < 1.29 is 19.0 Å². The fraction of sp³-hybridized carbons (Fsp3) is 0.889. The Kier molecular flexibility index (Phi) is 4.84. The summed E-state index contributed by atoms with van der Waals surface area (Å²) in [6.07, 6.45) is 0.823. The summed E-state index contributed by atoms with van der Waals surface area (Å²) in [5, 5.41) is 0.837. The zero-order valence-corrected chi connectivity index (χ0v) is 9.84. The maximum atomic E-state index is 11.6. The molecule has 0 atom stereocenters. The van der Waals surface area contributed by atoms with Gasteiger partial charge in [0, 0.05) is 5.33 Å². The summed E-state index contributed by atoms with van der Waals surface area (Å²) in [6.45, 7) is 3.26. The van der Waals surface area contributed by atoms with E-state index >= 15 is 0 Å². The number of hydrogen-bond acceptors (Lipinski definition) is 4. The lowest BCUT2D eigenvalue weighted by Gasteiger charge is -2.30. The van der Waals surface area contributed by atoms with Crippen molar-refractivity contribution in [2.75, 3.05) is 31.9 Å². The van der Waals surface area contributed by atoms with Crippen LogP contribution in [0.2, 0.25) is 0 Å². The minimum absolute atomic E-state index is 0.238. The van der Waals surface area contributed by atoms with Crippen molar-refractivity contribution in [3.8, 4) is 0 Å². The van der Waals surface area contributed by atoms with Crippen molar-refractivity contribution in [3.05, 3.63) is 0 Å². The number of ether oxygens (including phenoxy) is 3. The highest BCUT2D eigenvalue weighted by molar-refractivity contribution is 9.09. The lowest BCUT2D eigenvalue weighted by Crippen LogP contribution is -2.42. The Morgan fingerprint density at radius 2 is 2.14 bits per heavy atom. The third-order valence-corrected chi connectivity index (χ3v) is 2.57. The van der Waals surface area contributed by atoms with Crippen LogP contribution in [0.15, 0.2) is 0 Å². The van der Waals surface area contributed by atoms with E-state index in [1.54, 1.807) is 6.92 Å². The van der Waals surface area contributed by atoms with Crippen molar-refractivity contribution in [1.82, 2.24) is 0 Å². The van der Waals surface area contributed by atoms with Gasteiger partial charge < -0.3 is 14.2 Å². The fourth-order valence-corrected chi connectivity index (χ4v) is 1.37. The first-order valence-corrected chi connectivity index (χ1v) is 5.70. The molecule has 0 amide bonds. The van der Waals surface area contributed by atoms with Gasteiger partial charge >= 0.3 is 5.97 Å². The number of carbonyl (C=O) groups is 1. The van der Waals surface area contributed by atoms with E-state index in [4.69, 9.17) is 14.2 Å². The molecule has 1 aliphatic heterocycles. The highest BCUT2D eigenvalue weighted by Crippen LogP contribution is 2.23. The molecule has 0 radical (unpaired) electrons. The lowest BCUT2D eigenvalue weighted by molar-refractivity contribution is -0.191. The number of esters is 1. The van der Waals surface area contributed by atoms with E-state index in [0.29, 0.717) is 19.8 Å². The number of alkyl halides is 1. The summed E-state index contributed by atoms with van der Waals surface area (Å²) in [4.78, 5) is 11.6. The molecule has 0 spiro atoms. The van der Waals surface area contributed by atoms with E-state index in [0.717, 1.165) is 11.8 Å². The van der Waals surface area contributed by atoms with Gasteiger partial charge in [0.25, 0.3) is 0 Å². The Balaban J connectivity index is 2.33. The number of hydrogen-bond donors (Lipinski definition) is 0. The van der Waals surface area contributed by atoms with Crippen molar-refractivity contribution >= 4 is 21.9 Å². The summed E-state index contributed by atoms with van der Waals surface area (Å²) in [5.41, 5.74) is -0.634. The molecule has 82 valence electrons. The molecule has 1 fully saturated rings. The first-order chi connectivity index (χ1) is 6.69. The lowest BCUT2D eigenvalue weighted by atomic mass is 9.93. The third-order valence-electron chi connectivity index (χ3n) is 2.01. The highest BCUT2D eigenvalue weighted by atomic mass is 79.9. The van der Waals surface area contributed by atoms with Crippen LogP contribution in [0.25, 0.3) is 0 Å². The summed E-state index contributed by atoms with van der Waals surface area (Å²) in [6, 6.07) is 0. The van der Waals surface area contributed by atoms with Gasteiger partial charge in [0.05, 0.1) is 19.8 Å². The molecule has 0 saturated carbocycles. The third kappa shape index (κ3) is 3.22. The molecule has 0 aromatic heterocycles. The minimum atomic E-state index is -0.634. The van der Waals surface area contributed by atoms with Gasteiger partial charge in [0.2, 0.25) is 0 Å². The first kappa shape index (κ1) is 11.9. The van der Waals surface area contributed by atoms with Gasteiger partial charge in [-0.25, -0.2) is 0 Å². The van der Waals surface area contributed by atoms with Gasteiger partial charge in [-0.1, -0.05) is 15.9 Å². The normalized spacial score (nSPS) is 20.4. The first-order valence-electron chi connectivity index (χ1n) is 4.58. The van der Waals surface area contributed by atoms with Gasteiger partial charge in [0.1, 0.15) is 12.2 Å². The maximum Gasteiger partial charge on any atom is 0.316 e. The Bertz CT molecular complexity index is 189. The minimum Gasteiger partial charge on any atom is -0.465 e. The summed E-state index contributed by atoms with van der Waals surface area (Å²) in [5.74, 6) is -0.238. The quantitative estimate of drug-likeness (QED) is 0.438. The van der Waals surface area contributed by atoms with Crippen LogP contribution >= 0.6 is 15.9 Å². The van der Waals surface area contributed by atoms with Crippen molar-refractivity contribution in [2.24, 2.45) is 5.41 Å². The molecule has 1 rings (SSSR count). The van der Waals surface area contributed by atoms with Crippen LogP contribution in [0.5, 0.6) is 0 Å². The molecule has 0 aromatic carbocycles. The molecular formula is C9H15BrO4. The zero-order chi connectivity index (χ0) is 10.4. The molecule has 0 aromatic rings. The van der Waals surface area contributed by atoms with E-state index in [9.17, 15) is 4.79 Å². The second kappa shape index (κ2) is 5.68. The largest absolute Gasteiger partial charge is 0.465 e. The molecular weight excluding hydrogens is 252 g/mol. The van der Waals surface area contributed by atoms with Crippen LogP contribution in [-0.4, -0.2) is 37.9 Å².